The Bertz CT molecular complexity index is 1350. The number of hydrogen-bond acceptors (Lipinski definition) is 5. The molecule has 1 aliphatic rings. The number of hydrogen-bond donors (Lipinski definition) is 3. The number of ether oxygens (including phenoxy) is 1. The van der Waals surface area contributed by atoms with Crippen molar-refractivity contribution in [2.75, 3.05) is 25.6 Å². The Balaban J connectivity index is 1.46. The van der Waals surface area contributed by atoms with Crippen LogP contribution in [0, 0.1) is 11.7 Å². The molecule has 1 saturated heterocycles. The minimum atomic E-state index is -0.549. The Morgan fingerprint density at radius 2 is 1.74 bits per heavy atom. The summed E-state index contributed by atoms with van der Waals surface area (Å²) >= 11 is 0. The van der Waals surface area contributed by atoms with E-state index in [1.807, 2.05) is 35.2 Å². The van der Waals surface area contributed by atoms with Crippen LogP contribution >= 0.6 is 0 Å². The lowest BCUT2D eigenvalue weighted by Gasteiger charge is -2.27. The molecule has 9 heteroatoms. The molecule has 0 aromatic heterocycles. The lowest BCUT2D eigenvalue weighted by Crippen LogP contribution is -2.50. The molecule has 0 radical (unpaired) electrons. The summed E-state index contributed by atoms with van der Waals surface area (Å²) in [6.07, 6.45) is 2.57. The first-order valence-electron chi connectivity index (χ1n) is 14.3. The van der Waals surface area contributed by atoms with Gasteiger partial charge in [0.2, 0.25) is 5.91 Å². The number of nitrogens with two attached hydrogens (primary N) is 1. The minimum absolute atomic E-state index is 0.0236. The van der Waals surface area contributed by atoms with E-state index < -0.39 is 18.0 Å². The zero-order valence-corrected chi connectivity index (χ0v) is 24.1. The first-order valence-corrected chi connectivity index (χ1v) is 14.3. The van der Waals surface area contributed by atoms with Gasteiger partial charge in [0.1, 0.15) is 5.82 Å². The normalized spacial score (nSPS) is 16.9. The summed E-state index contributed by atoms with van der Waals surface area (Å²) in [4.78, 5) is 41.4. The monoisotopic (exact) mass is 574 g/mol. The number of amides is 3. The number of likely N-dealkylation sites (tertiary alicyclic amines) is 1. The molecule has 4 rings (SSSR count). The zero-order valence-electron chi connectivity index (χ0n) is 24.1. The van der Waals surface area contributed by atoms with Gasteiger partial charge in [-0.25, -0.2) is 4.39 Å². The van der Waals surface area contributed by atoms with Gasteiger partial charge in [0.05, 0.1) is 12.6 Å². The predicted molar refractivity (Wildman–Crippen MR) is 161 cm³/mol. The average Bonchev–Trinajstić information content (AvgIpc) is 3.46. The third-order valence-corrected chi connectivity index (χ3v) is 7.69. The Hall–Kier alpha value is -4.08. The summed E-state index contributed by atoms with van der Waals surface area (Å²) < 4.78 is 18.5. The maximum Gasteiger partial charge on any atom is 0.254 e. The second kappa shape index (κ2) is 14.7. The second-order valence-corrected chi connectivity index (χ2v) is 10.9. The lowest BCUT2D eigenvalue weighted by molar-refractivity contribution is -0.119. The van der Waals surface area contributed by atoms with Crippen LogP contribution in [0.25, 0.3) is 0 Å². The number of nitrogens with zero attached hydrogens (tertiary/aromatic N) is 1. The van der Waals surface area contributed by atoms with Gasteiger partial charge in [-0.05, 0) is 73.7 Å². The molecule has 0 unspecified atom stereocenters. The third-order valence-electron chi connectivity index (χ3n) is 7.69. The molecule has 0 spiro atoms. The van der Waals surface area contributed by atoms with Gasteiger partial charge in [0.15, 0.2) is 0 Å². The van der Waals surface area contributed by atoms with Crippen LogP contribution in [0.1, 0.15) is 52.5 Å². The molecule has 4 atom stereocenters. The summed E-state index contributed by atoms with van der Waals surface area (Å²) in [5.41, 5.74) is 8.92. The SMILES string of the molecule is COC[C@H]1CCCN1C(=O)c1cccc(C(=O)N[C@@H](Cc2ccccc2)[C@@H](N)C[C@@H](C)C(=O)Nc2ccc(F)cc2)c1. The van der Waals surface area contributed by atoms with Gasteiger partial charge in [0.25, 0.3) is 11.8 Å². The molecular weight excluding hydrogens is 535 g/mol. The molecule has 42 heavy (non-hydrogen) atoms. The molecule has 1 fully saturated rings. The maximum absolute atomic E-state index is 13.5. The molecule has 0 bridgehead atoms. The standard InChI is InChI=1S/C33H39FN4O4/c1-22(31(39)36-27-15-13-26(34)14-16-27)18-29(35)30(19-23-8-4-3-5-9-23)37-32(40)24-10-6-11-25(20-24)33(41)38-17-7-12-28(38)21-42-2/h3-6,8-11,13-16,20,22,28-30H,7,12,17-19,21,35H2,1-2H3,(H,36,39)(H,37,40)/t22-,28-,29+,30+/m1/s1. The highest BCUT2D eigenvalue weighted by atomic mass is 19.1. The van der Waals surface area contributed by atoms with Crippen molar-refractivity contribution < 1.29 is 23.5 Å². The van der Waals surface area contributed by atoms with Crippen molar-refractivity contribution in [3.8, 4) is 0 Å². The lowest BCUT2D eigenvalue weighted by atomic mass is 9.92. The molecule has 4 N–H and O–H groups in total. The fraction of sp³-hybridized carbons (Fsp3) is 0.364. The fourth-order valence-corrected chi connectivity index (χ4v) is 5.34. The van der Waals surface area contributed by atoms with Gasteiger partial charge in [-0.3, -0.25) is 14.4 Å². The van der Waals surface area contributed by atoms with Crippen LogP contribution in [0.4, 0.5) is 10.1 Å². The van der Waals surface area contributed by atoms with E-state index in [0.29, 0.717) is 42.8 Å². The molecular formula is C33H39FN4O4. The molecule has 3 aromatic rings. The Morgan fingerprint density at radius 3 is 2.45 bits per heavy atom. The number of anilines is 1. The Morgan fingerprint density at radius 1 is 1.02 bits per heavy atom. The van der Waals surface area contributed by atoms with Crippen molar-refractivity contribution in [1.82, 2.24) is 10.2 Å². The van der Waals surface area contributed by atoms with Gasteiger partial charge in [0, 0.05) is 48.5 Å². The highest BCUT2D eigenvalue weighted by Crippen LogP contribution is 2.21. The van der Waals surface area contributed by atoms with E-state index in [4.69, 9.17) is 10.5 Å². The quantitative estimate of drug-likeness (QED) is 0.297. The number of benzene rings is 3. The van der Waals surface area contributed by atoms with E-state index >= 15 is 0 Å². The second-order valence-electron chi connectivity index (χ2n) is 10.9. The van der Waals surface area contributed by atoms with E-state index in [-0.39, 0.29) is 29.6 Å². The number of nitrogens with one attached hydrogen (secondary N) is 2. The van der Waals surface area contributed by atoms with E-state index in [2.05, 4.69) is 10.6 Å². The molecule has 3 aromatic carbocycles. The zero-order chi connectivity index (χ0) is 30.1. The molecule has 222 valence electrons. The topological polar surface area (TPSA) is 114 Å². The van der Waals surface area contributed by atoms with Crippen molar-refractivity contribution in [3.05, 3.63) is 101 Å². The Labute approximate surface area is 246 Å². The highest BCUT2D eigenvalue weighted by Gasteiger charge is 2.30. The van der Waals surface area contributed by atoms with Crippen LogP contribution < -0.4 is 16.4 Å². The van der Waals surface area contributed by atoms with Crippen LogP contribution in [0.5, 0.6) is 0 Å². The fourth-order valence-electron chi connectivity index (χ4n) is 5.34. The van der Waals surface area contributed by atoms with Crippen LogP contribution in [0.3, 0.4) is 0 Å². The average molecular weight is 575 g/mol. The smallest absolute Gasteiger partial charge is 0.254 e. The Kier molecular flexibility index (Phi) is 10.8. The third kappa shape index (κ3) is 8.24. The first kappa shape index (κ1) is 30.9. The number of carbonyl (C=O) groups excluding carboxylic acids is 3. The van der Waals surface area contributed by atoms with Crippen LogP contribution in [-0.2, 0) is 16.0 Å². The number of methoxy groups -OCH3 is 1. The molecule has 3 amide bonds. The predicted octanol–water partition coefficient (Wildman–Crippen LogP) is 4.41. The molecule has 0 aliphatic carbocycles. The van der Waals surface area contributed by atoms with Crippen molar-refractivity contribution in [1.29, 1.82) is 0 Å². The van der Waals surface area contributed by atoms with Crippen molar-refractivity contribution >= 4 is 23.4 Å². The van der Waals surface area contributed by atoms with Crippen molar-refractivity contribution in [2.24, 2.45) is 11.7 Å². The maximum atomic E-state index is 13.5. The van der Waals surface area contributed by atoms with Crippen LogP contribution in [0.2, 0.25) is 0 Å². The van der Waals surface area contributed by atoms with Crippen molar-refractivity contribution in [2.45, 2.75) is 50.7 Å². The molecule has 1 aliphatic heterocycles. The van der Waals surface area contributed by atoms with Gasteiger partial charge < -0.3 is 26.0 Å². The number of halogens is 1. The summed E-state index contributed by atoms with van der Waals surface area (Å²) in [5, 5.41) is 5.85. The van der Waals surface area contributed by atoms with E-state index in [1.165, 1.54) is 24.3 Å². The molecule has 0 saturated carbocycles. The van der Waals surface area contributed by atoms with E-state index in [9.17, 15) is 18.8 Å². The van der Waals surface area contributed by atoms with Gasteiger partial charge in [-0.15, -0.1) is 0 Å². The first-order chi connectivity index (χ1) is 20.2. The summed E-state index contributed by atoms with van der Waals surface area (Å²) in [7, 11) is 1.63. The van der Waals surface area contributed by atoms with Gasteiger partial charge >= 0.3 is 0 Å². The van der Waals surface area contributed by atoms with Crippen molar-refractivity contribution in [3.63, 3.8) is 0 Å². The molecule has 8 nitrogen and oxygen atoms in total. The van der Waals surface area contributed by atoms with Gasteiger partial charge in [-0.2, -0.15) is 0 Å². The summed E-state index contributed by atoms with van der Waals surface area (Å²) in [5.74, 6) is -1.57. The summed E-state index contributed by atoms with van der Waals surface area (Å²) in [6.45, 7) is 2.90. The largest absolute Gasteiger partial charge is 0.383 e. The van der Waals surface area contributed by atoms with Crippen LogP contribution in [0.15, 0.2) is 78.9 Å². The molecule has 1 heterocycles. The highest BCUT2D eigenvalue weighted by molar-refractivity contribution is 6.00. The number of carbonyl (C=O) groups is 3. The van der Waals surface area contributed by atoms with E-state index in [1.54, 1.807) is 38.3 Å². The summed E-state index contributed by atoms with van der Waals surface area (Å²) in [6, 6.07) is 20.9. The van der Waals surface area contributed by atoms with Crippen LogP contribution in [-0.4, -0.2) is 61.0 Å². The minimum Gasteiger partial charge on any atom is -0.383 e. The van der Waals surface area contributed by atoms with E-state index in [0.717, 1.165) is 18.4 Å². The van der Waals surface area contributed by atoms with Gasteiger partial charge in [-0.1, -0.05) is 43.3 Å². The number of rotatable bonds is 12.